The number of hydrogen-bond acceptors (Lipinski definition) is 3. The number of carbonyl (C=O) groups excluding carboxylic acids is 1. The predicted octanol–water partition coefficient (Wildman–Crippen LogP) is 2.24. The van der Waals surface area contributed by atoms with Gasteiger partial charge in [-0.3, -0.25) is 4.79 Å². The van der Waals surface area contributed by atoms with Gasteiger partial charge < -0.3 is 0 Å². The van der Waals surface area contributed by atoms with Crippen LogP contribution in [0.25, 0.3) is 0 Å². The molecule has 0 radical (unpaired) electrons. The number of amides is 1. The zero-order valence-corrected chi connectivity index (χ0v) is 8.54. The lowest BCUT2D eigenvalue weighted by atomic mass is 10.1. The van der Waals surface area contributed by atoms with E-state index in [0.717, 1.165) is 11.3 Å². The van der Waals surface area contributed by atoms with Crippen LogP contribution >= 0.6 is 11.8 Å². The van der Waals surface area contributed by atoms with E-state index in [1.54, 1.807) is 0 Å². The van der Waals surface area contributed by atoms with Crippen LogP contribution in [0.2, 0.25) is 0 Å². The fraction of sp³-hybridized carbons (Fsp3) is 0.200. The lowest BCUT2D eigenvalue weighted by Crippen LogP contribution is -2.29. The van der Waals surface area contributed by atoms with Crippen molar-refractivity contribution in [2.75, 3.05) is 0 Å². The third kappa shape index (κ3) is 1.80. The first kappa shape index (κ1) is 9.27. The van der Waals surface area contributed by atoms with Crippen molar-refractivity contribution in [1.29, 1.82) is 0 Å². The van der Waals surface area contributed by atoms with Gasteiger partial charge in [-0.2, -0.15) is 5.10 Å². The molecule has 1 aromatic carbocycles. The Morgan fingerprint density at radius 2 is 2.07 bits per heavy atom. The highest BCUT2D eigenvalue weighted by atomic mass is 32.2. The molecular formula is C10H10N2OS. The molecule has 1 heterocycles. The van der Waals surface area contributed by atoms with Crippen LogP contribution < -0.4 is 5.43 Å². The van der Waals surface area contributed by atoms with E-state index in [-0.39, 0.29) is 10.5 Å². The number of nitrogens with zero attached hydrogens (tertiary/aromatic N) is 1. The second-order valence-corrected chi connectivity index (χ2v) is 4.34. The first-order chi connectivity index (χ1) is 6.77. The normalized spacial score (nSPS) is 21.4. The molecule has 0 unspecified atom stereocenters. The summed E-state index contributed by atoms with van der Waals surface area (Å²) in [6.07, 6.45) is 0. The highest BCUT2D eigenvalue weighted by molar-refractivity contribution is 8.14. The van der Waals surface area contributed by atoms with Crippen molar-refractivity contribution in [3.8, 4) is 0 Å². The van der Waals surface area contributed by atoms with Gasteiger partial charge in [-0.15, -0.1) is 0 Å². The summed E-state index contributed by atoms with van der Waals surface area (Å²) in [4.78, 5) is 11.0. The topological polar surface area (TPSA) is 41.5 Å². The molecule has 1 N–H and O–H groups in total. The van der Waals surface area contributed by atoms with Crippen LogP contribution in [0.15, 0.2) is 35.4 Å². The van der Waals surface area contributed by atoms with E-state index in [2.05, 4.69) is 10.5 Å². The van der Waals surface area contributed by atoms with E-state index in [0.29, 0.717) is 0 Å². The number of rotatable bonds is 1. The third-order valence-electron chi connectivity index (χ3n) is 2.01. The summed E-state index contributed by atoms with van der Waals surface area (Å²) in [6.45, 7) is 1.98. The molecule has 3 nitrogen and oxygen atoms in total. The Balaban J connectivity index is 2.31. The first-order valence-electron chi connectivity index (χ1n) is 4.37. The number of nitrogens with one attached hydrogen (secondary N) is 1. The van der Waals surface area contributed by atoms with Gasteiger partial charge in [0, 0.05) is 0 Å². The molecule has 0 fully saturated rings. The monoisotopic (exact) mass is 206 g/mol. The van der Waals surface area contributed by atoms with Gasteiger partial charge in [-0.25, -0.2) is 5.43 Å². The van der Waals surface area contributed by atoms with Crippen LogP contribution in [-0.4, -0.2) is 16.2 Å². The minimum atomic E-state index is -0.0859. The maximum Gasteiger partial charge on any atom is 0.299 e. The van der Waals surface area contributed by atoms with Crippen molar-refractivity contribution in [2.45, 2.75) is 12.2 Å². The van der Waals surface area contributed by atoms with Gasteiger partial charge in [0.25, 0.3) is 5.24 Å². The summed E-state index contributed by atoms with van der Waals surface area (Å²) >= 11 is 1.26. The van der Waals surface area contributed by atoms with Crippen LogP contribution in [0.1, 0.15) is 12.5 Å². The van der Waals surface area contributed by atoms with Crippen molar-refractivity contribution in [3.63, 3.8) is 0 Å². The van der Waals surface area contributed by atoms with Gasteiger partial charge in [0.1, 0.15) is 0 Å². The molecule has 1 atom stereocenters. The quantitative estimate of drug-likeness (QED) is 0.765. The van der Waals surface area contributed by atoms with E-state index >= 15 is 0 Å². The standard InChI is InChI=1S/C10H10N2OS/c1-7-9(11-12-10(13)14-7)8-5-3-2-4-6-8/h2-7H,1H3,(H,12,13)/t7-/m0/s1. The van der Waals surface area contributed by atoms with E-state index in [1.165, 1.54) is 11.8 Å². The van der Waals surface area contributed by atoms with Crippen molar-refractivity contribution in [3.05, 3.63) is 35.9 Å². The van der Waals surface area contributed by atoms with Crippen LogP contribution in [0.3, 0.4) is 0 Å². The lowest BCUT2D eigenvalue weighted by molar-refractivity contribution is 0.261. The minimum absolute atomic E-state index is 0.0859. The van der Waals surface area contributed by atoms with Gasteiger partial charge in [-0.05, 0) is 12.5 Å². The number of thioether (sulfide) groups is 1. The number of hydrazone groups is 1. The van der Waals surface area contributed by atoms with E-state index in [4.69, 9.17) is 0 Å². The fourth-order valence-corrected chi connectivity index (χ4v) is 2.07. The van der Waals surface area contributed by atoms with Crippen molar-refractivity contribution >= 4 is 22.7 Å². The van der Waals surface area contributed by atoms with Gasteiger partial charge in [-0.1, -0.05) is 42.1 Å². The molecule has 1 aliphatic rings. The summed E-state index contributed by atoms with van der Waals surface area (Å²) in [5.41, 5.74) is 4.46. The molecule has 1 aromatic rings. The summed E-state index contributed by atoms with van der Waals surface area (Å²) < 4.78 is 0. The molecule has 1 aliphatic heterocycles. The van der Waals surface area contributed by atoms with Gasteiger partial charge in [0.15, 0.2) is 0 Å². The van der Waals surface area contributed by atoms with Crippen LogP contribution in [-0.2, 0) is 0 Å². The molecule has 0 aliphatic carbocycles. The predicted molar refractivity (Wildman–Crippen MR) is 58.6 cm³/mol. The molecule has 0 saturated carbocycles. The van der Waals surface area contributed by atoms with Crippen molar-refractivity contribution in [2.24, 2.45) is 5.10 Å². The first-order valence-corrected chi connectivity index (χ1v) is 5.25. The van der Waals surface area contributed by atoms with E-state index in [9.17, 15) is 4.79 Å². The molecule has 0 spiro atoms. The Morgan fingerprint density at radius 3 is 2.71 bits per heavy atom. The highest BCUT2D eigenvalue weighted by Crippen LogP contribution is 2.20. The zero-order valence-electron chi connectivity index (χ0n) is 7.73. The van der Waals surface area contributed by atoms with Crippen LogP contribution in [0.5, 0.6) is 0 Å². The molecule has 0 saturated heterocycles. The summed E-state index contributed by atoms with van der Waals surface area (Å²) in [7, 11) is 0. The van der Waals surface area contributed by atoms with Crippen LogP contribution in [0.4, 0.5) is 4.79 Å². The molecule has 14 heavy (non-hydrogen) atoms. The largest absolute Gasteiger partial charge is 0.299 e. The average molecular weight is 206 g/mol. The Hall–Kier alpha value is -1.29. The maximum atomic E-state index is 11.0. The summed E-state index contributed by atoms with van der Waals surface area (Å²) in [5, 5.41) is 4.09. The molecule has 72 valence electrons. The SMILES string of the molecule is C[C@@H]1SC(=O)NN=C1c1ccccc1. The van der Waals surface area contributed by atoms with E-state index < -0.39 is 0 Å². The minimum Gasteiger partial charge on any atom is -0.260 e. The Labute approximate surface area is 86.6 Å². The molecule has 0 aromatic heterocycles. The fourth-order valence-electron chi connectivity index (χ4n) is 1.35. The number of hydrogen-bond donors (Lipinski definition) is 1. The summed E-state index contributed by atoms with van der Waals surface area (Å²) in [5.74, 6) is 0. The molecular weight excluding hydrogens is 196 g/mol. The number of benzene rings is 1. The molecule has 4 heteroatoms. The third-order valence-corrected chi connectivity index (χ3v) is 2.89. The number of carbonyl (C=O) groups is 1. The van der Waals surface area contributed by atoms with E-state index in [1.807, 2.05) is 37.3 Å². The molecule has 0 bridgehead atoms. The van der Waals surface area contributed by atoms with Gasteiger partial charge in [0.2, 0.25) is 0 Å². The van der Waals surface area contributed by atoms with Crippen molar-refractivity contribution in [1.82, 2.24) is 5.43 Å². The Bertz CT molecular complexity index is 375. The molecule has 2 rings (SSSR count). The smallest absolute Gasteiger partial charge is 0.260 e. The van der Waals surface area contributed by atoms with Crippen molar-refractivity contribution < 1.29 is 4.79 Å². The average Bonchev–Trinajstić information content (AvgIpc) is 2.19. The Morgan fingerprint density at radius 1 is 1.36 bits per heavy atom. The summed E-state index contributed by atoms with van der Waals surface area (Å²) in [6, 6.07) is 9.88. The van der Waals surface area contributed by atoms with Gasteiger partial charge >= 0.3 is 0 Å². The molecule has 1 amide bonds. The van der Waals surface area contributed by atoms with Crippen LogP contribution in [0, 0.1) is 0 Å². The zero-order chi connectivity index (χ0) is 9.97. The Kier molecular flexibility index (Phi) is 2.54. The lowest BCUT2D eigenvalue weighted by Gasteiger charge is -2.18. The second-order valence-electron chi connectivity index (χ2n) is 3.02. The maximum absolute atomic E-state index is 11.0. The second kappa shape index (κ2) is 3.84. The van der Waals surface area contributed by atoms with Gasteiger partial charge in [0.05, 0.1) is 11.0 Å². The highest BCUT2D eigenvalue weighted by Gasteiger charge is 2.21.